The van der Waals surface area contributed by atoms with Crippen molar-refractivity contribution >= 4 is 6.03 Å². The molecule has 0 aliphatic carbocycles. The molecule has 0 rings (SSSR count). The number of amides is 2. The van der Waals surface area contributed by atoms with Crippen LogP contribution >= 0.6 is 0 Å². The van der Waals surface area contributed by atoms with Gasteiger partial charge < -0.3 is 5.32 Å². The first-order chi connectivity index (χ1) is 4.52. The average molecular weight is 143 g/mol. The molecule has 2 N–H and O–H groups in total. The van der Waals surface area contributed by atoms with Crippen LogP contribution in [0.2, 0.25) is 0 Å². The molecule has 58 valence electrons. The molecule has 0 spiro atoms. The summed E-state index contributed by atoms with van der Waals surface area (Å²) in [6.45, 7) is 9.25. The maximum absolute atomic E-state index is 10.8. The Bertz CT molecular complexity index is 98.2. The number of urea groups is 1. The summed E-state index contributed by atoms with van der Waals surface area (Å²) in [5.74, 6) is 0. The number of nitrogens with one attached hydrogen (secondary N) is 2. The topological polar surface area (TPSA) is 41.1 Å². The van der Waals surface area contributed by atoms with Gasteiger partial charge in [-0.25, -0.2) is 4.79 Å². The summed E-state index contributed by atoms with van der Waals surface area (Å²) in [7, 11) is 0. The first kappa shape index (κ1) is 9.14. The smallest absolute Gasteiger partial charge is 0.318 e. The van der Waals surface area contributed by atoms with Crippen molar-refractivity contribution in [1.82, 2.24) is 10.6 Å². The van der Waals surface area contributed by atoms with Crippen LogP contribution in [0.25, 0.3) is 0 Å². The van der Waals surface area contributed by atoms with E-state index < -0.39 is 0 Å². The summed E-state index contributed by atoms with van der Waals surface area (Å²) in [5.41, 5.74) is 0. The zero-order valence-corrected chi connectivity index (χ0v) is 6.77. The Morgan fingerprint density at radius 1 is 1.30 bits per heavy atom. The fourth-order valence-electron chi connectivity index (χ4n) is 0.528. The molecule has 0 aliphatic rings. The third-order valence-corrected chi connectivity index (χ3v) is 0.797. The molecule has 2 amide bonds. The van der Waals surface area contributed by atoms with Gasteiger partial charge in [-0.3, -0.25) is 5.32 Å². The maximum Gasteiger partial charge on any atom is 0.318 e. The standard InChI is InChI=1S/C7H14N2O/c1-5(2)8-7(10)9-6(3)4/h5-6H,1H2,2-4H3,(H-,8,9,10)/p+1. The minimum Gasteiger partial charge on any atom is -0.336 e. The summed E-state index contributed by atoms with van der Waals surface area (Å²) in [4.78, 5) is 10.8. The lowest BCUT2D eigenvalue weighted by atomic mass is 10.4. The van der Waals surface area contributed by atoms with Crippen molar-refractivity contribution in [3.05, 3.63) is 6.92 Å². The Morgan fingerprint density at radius 3 is 2.10 bits per heavy atom. The van der Waals surface area contributed by atoms with E-state index in [1.807, 2.05) is 20.8 Å². The van der Waals surface area contributed by atoms with Crippen molar-refractivity contribution in [2.45, 2.75) is 32.9 Å². The van der Waals surface area contributed by atoms with Gasteiger partial charge in [0.05, 0.1) is 6.92 Å². The lowest BCUT2D eigenvalue weighted by molar-refractivity contribution is 0.237. The Kier molecular flexibility index (Phi) is 3.69. The Morgan fingerprint density at radius 2 is 1.80 bits per heavy atom. The van der Waals surface area contributed by atoms with Crippen LogP contribution < -0.4 is 10.6 Å². The molecule has 0 radical (unpaired) electrons. The van der Waals surface area contributed by atoms with Crippen molar-refractivity contribution in [3.63, 3.8) is 0 Å². The molecule has 0 heterocycles. The molecule has 0 saturated carbocycles. The van der Waals surface area contributed by atoms with E-state index >= 15 is 0 Å². The van der Waals surface area contributed by atoms with Crippen LogP contribution in [0.5, 0.6) is 0 Å². The lowest BCUT2D eigenvalue weighted by Crippen LogP contribution is -2.42. The molecule has 10 heavy (non-hydrogen) atoms. The second kappa shape index (κ2) is 4.04. The highest BCUT2D eigenvalue weighted by Gasteiger charge is 2.05. The minimum atomic E-state index is -0.155. The molecule has 0 fully saturated rings. The molecule has 1 unspecified atom stereocenters. The van der Waals surface area contributed by atoms with Gasteiger partial charge >= 0.3 is 6.03 Å². The number of carbonyl (C=O) groups excluding carboxylic acids is 1. The zero-order valence-electron chi connectivity index (χ0n) is 6.77. The van der Waals surface area contributed by atoms with Crippen LogP contribution in [-0.4, -0.2) is 18.1 Å². The van der Waals surface area contributed by atoms with Crippen LogP contribution in [-0.2, 0) is 0 Å². The summed E-state index contributed by atoms with van der Waals surface area (Å²) in [6, 6.07) is -0.0185. The van der Waals surface area contributed by atoms with Crippen molar-refractivity contribution < 1.29 is 4.79 Å². The van der Waals surface area contributed by atoms with Crippen LogP contribution in [0.3, 0.4) is 0 Å². The molecule has 1 atom stereocenters. The lowest BCUT2D eigenvalue weighted by Gasteiger charge is -2.08. The van der Waals surface area contributed by atoms with Gasteiger partial charge in [0.2, 0.25) is 0 Å². The number of hydrogen-bond donors (Lipinski definition) is 2. The Hall–Kier alpha value is -0.860. The van der Waals surface area contributed by atoms with Gasteiger partial charge in [0.15, 0.2) is 6.04 Å². The summed E-state index contributed by atoms with van der Waals surface area (Å²) >= 11 is 0. The van der Waals surface area contributed by atoms with Gasteiger partial charge in [0.25, 0.3) is 0 Å². The third kappa shape index (κ3) is 5.28. The van der Waals surface area contributed by atoms with E-state index in [1.165, 1.54) is 0 Å². The highest BCUT2D eigenvalue weighted by Crippen LogP contribution is 1.79. The molecule has 3 heteroatoms. The number of hydrogen-bond acceptors (Lipinski definition) is 1. The van der Waals surface area contributed by atoms with Gasteiger partial charge in [-0.1, -0.05) is 0 Å². The van der Waals surface area contributed by atoms with E-state index in [0.29, 0.717) is 0 Å². The fourth-order valence-corrected chi connectivity index (χ4v) is 0.528. The summed E-state index contributed by atoms with van der Waals surface area (Å²) in [5, 5.41) is 5.30. The predicted molar refractivity (Wildman–Crippen MR) is 41.6 cm³/mol. The normalized spacial score (nSPS) is 12.8. The largest absolute Gasteiger partial charge is 0.336 e. The monoisotopic (exact) mass is 143 g/mol. The van der Waals surface area contributed by atoms with Gasteiger partial charge in [0, 0.05) is 6.04 Å². The highest BCUT2D eigenvalue weighted by atomic mass is 16.2. The molecule has 0 bridgehead atoms. The number of carbonyl (C=O) groups is 1. The van der Waals surface area contributed by atoms with E-state index in [1.54, 1.807) is 0 Å². The van der Waals surface area contributed by atoms with Crippen LogP contribution in [0.1, 0.15) is 20.8 Å². The summed E-state index contributed by atoms with van der Waals surface area (Å²) in [6.07, 6.45) is 0. The average Bonchev–Trinajstić information content (AvgIpc) is 1.58. The van der Waals surface area contributed by atoms with E-state index in [-0.39, 0.29) is 18.1 Å². The number of rotatable bonds is 2. The zero-order chi connectivity index (χ0) is 8.15. The van der Waals surface area contributed by atoms with Crippen molar-refractivity contribution in [2.75, 3.05) is 0 Å². The van der Waals surface area contributed by atoms with Gasteiger partial charge in [-0.15, -0.1) is 0 Å². The van der Waals surface area contributed by atoms with Crippen molar-refractivity contribution in [1.29, 1.82) is 0 Å². The van der Waals surface area contributed by atoms with E-state index in [2.05, 4.69) is 17.6 Å². The fraction of sp³-hybridized carbons (Fsp3) is 0.714. The maximum atomic E-state index is 10.8. The third-order valence-electron chi connectivity index (χ3n) is 0.797. The van der Waals surface area contributed by atoms with Gasteiger partial charge in [-0.05, 0) is 20.8 Å². The van der Waals surface area contributed by atoms with E-state index in [4.69, 9.17) is 0 Å². The quantitative estimate of drug-likeness (QED) is 0.554. The van der Waals surface area contributed by atoms with Crippen molar-refractivity contribution in [3.8, 4) is 0 Å². The predicted octanol–water partition coefficient (Wildman–Crippen LogP) is 0.917. The minimum absolute atomic E-state index is 0.0428. The Balaban J connectivity index is 3.44. The first-order valence-electron chi connectivity index (χ1n) is 3.42. The SMILES string of the molecule is [CH2+]C(C)NC(=O)NC(C)C. The highest BCUT2D eigenvalue weighted by molar-refractivity contribution is 5.74. The van der Waals surface area contributed by atoms with Gasteiger partial charge in [-0.2, -0.15) is 0 Å². The Labute approximate surface area is 62.2 Å². The van der Waals surface area contributed by atoms with E-state index in [0.717, 1.165) is 0 Å². The molecule has 0 aromatic carbocycles. The molecule has 0 saturated heterocycles. The second-order valence-electron chi connectivity index (χ2n) is 2.67. The molecule has 0 aromatic heterocycles. The van der Waals surface area contributed by atoms with Crippen LogP contribution in [0, 0.1) is 6.92 Å². The van der Waals surface area contributed by atoms with Crippen LogP contribution in [0.4, 0.5) is 4.79 Å². The first-order valence-corrected chi connectivity index (χ1v) is 3.42. The molecular formula is C7H15N2O+. The molecular weight excluding hydrogens is 128 g/mol. The van der Waals surface area contributed by atoms with Gasteiger partial charge in [0.1, 0.15) is 0 Å². The molecule has 3 nitrogen and oxygen atoms in total. The molecule has 0 aromatic rings. The van der Waals surface area contributed by atoms with E-state index in [9.17, 15) is 4.79 Å². The molecule has 0 aliphatic heterocycles. The summed E-state index contributed by atoms with van der Waals surface area (Å²) < 4.78 is 0. The van der Waals surface area contributed by atoms with Crippen molar-refractivity contribution in [2.24, 2.45) is 0 Å². The second-order valence-corrected chi connectivity index (χ2v) is 2.67. The van der Waals surface area contributed by atoms with Crippen LogP contribution in [0.15, 0.2) is 0 Å².